The van der Waals surface area contributed by atoms with Crippen LogP contribution in [-0.2, 0) is 6.42 Å². The van der Waals surface area contributed by atoms with Crippen LogP contribution in [0.4, 0.5) is 4.39 Å². The maximum atomic E-state index is 13.7. The molecule has 0 aliphatic heterocycles. The zero-order valence-corrected chi connectivity index (χ0v) is 12.2. The molecule has 0 saturated carbocycles. The van der Waals surface area contributed by atoms with E-state index in [1.54, 1.807) is 6.07 Å². The van der Waals surface area contributed by atoms with Crippen molar-refractivity contribution in [1.29, 1.82) is 0 Å². The fourth-order valence-electron chi connectivity index (χ4n) is 2.64. The lowest BCUT2D eigenvalue weighted by atomic mass is 10.0. The highest BCUT2D eigenvalue weighted by atomic mass is 19.1. The fraction of sp³-hybridized carbons (Fsp3) is 0.222. The van der Waals surface area contributed by atoms with Gasteiger partial charge in [0.05, 0.1) is 6.04 Å². The van der Waals surface area contributed by atoms with E-state index in [0.29, 0.717) is 5.58 Å². The first-order valence-electron chi connectivity index (χ1n) is 7.08. The minimum Gasteiger partial charge on any atom is -0.456 e. The van der Waals surface area contributed by atoms with Crippen molar-refractivity contribution in [3.8, 4) is 0 Å². The molecule has 0 fully saturated rings. The lowest BCUT2D eigenvalue weighted by molar-refractivity contribution is 0.442. The zero-order valence-electron chi connectivity index (χ0n) is 12.2. The van der Waals surface area contributed by atoms with Crippen LogP contribution in [0.5, 0.6) is 0 Å². The number of para-hydroxylation sites is 1. The van der Waals surface area contributed by atoms with Crippen LogP contribution in [0.15, 0.2) is 52.9 Å². The van der Waals surface area contributed by atoms with Crippen LogP contribution in [-0.4, -0.2) is 7.05 Å². The van der Waals surface area contributed by atoms with E-state index < -0.39 is 0 Å². The lowest BCUT2D eigenvalue weighted by Crippen LogP contribution is -2.18. The van der Waals surface area contributed by atoms with Gasteiger partial charge in [-0.1, -0.05) is 42.0 Å². The molecule has 0 bridgehead atoms. The molecule has 0 saturated heterocycles. The molecule has 0 spiro atoms. The SMILES string of the molecule is CNC(Cc1cccc(C)c1)c1cc2cccc(F)c2o1. The van der Waals surface area contributed by atoms with Crippen LogP contribution < -0.4 is 5.32 Å². The van der Waals surface area contributed by atoms with Crippen molar-refractivity contribution < 1.29 is 8.81 Å². The highest BCUT2D eigenvalue weighted by Gasteiger charge is 2.16. The number of hydrogen-bond donors (Lipinski definition) is 1. The van der Waals surface area contributed by atoms with Crippen molar-refractivity contribution in [3.63, 3.8) is 0 Å². The first-order valence-corrected chi connectivity index (χ1v) is 7.08. The summed E-state index contributed by atoms with van der Waals surface area (Å²) in [6.07, 6.45) is 0.805. The molecule has 1 atom stereocenters. The molecule has 1 heterocycles. The van der Waals surface area contributed by atoms with Gasteiger partial charge in [0.15, 0.2) is 11.4 Å². The van der Waals surface area contributed by atoms with Gasteiger partial charge in [-0.3, -0.25) is 0 Å². The van der Waals surface area contributed by atoms with E-state index in [0.717, 1.165) is 17.6 Å². The van der Waals surface area contributed by atoms with E-state index in [4.69, 9.17) is 4.42 Å². The average Bonchev–Trinajstić information content (AvgIpc) is 2.90. The molecule has 0 radical (unpaired) electrons. The Labute approximate surface area is 123 Å². The summed E-state index contributed by atoms with van der Waals surface area (Å²) in [6, 6.07) is 15.3. The minimum absolute atomic E-state index is 0.0265. The van der Waals surface area contributed by atoms with Crippen LogP contribution >= 0.6 is 0 Å². The van der Waals surface area contributed by atoms with Gasteiger partial charge in [0.1, 0.15) is 5.76 Å². The smallest absolute Gasteiger partial charge is 0.169 e. The summed E-state index contributed by atoms with van der Waals surface area (Å²) >= 11 is 0. The molecule has 0 aliphatic rings. The van der Waals surface area contributed by atoms with Crippen molar-refractivity contribution in [2.75, 3.05) is 7.05 Å². The van der Waals surface area contributed by atoms with Gasteiger partial charge in [-0.05, 0) is 38.1 Å². The summed E-state index contributed by atoms with van der Waals surface area (Å²) in [6.45, 7) is 2.08. The van der Waals surface area contributed by atoms with Crippen LogP contribution in [0.1, 0.15) is 22.9 Å². The minimum atomic E-state index is -0.316. The number of benzene rings is 2. The van der Waals surface area contributed by atoms with Crippen molar-refractivity contribution in [2.24, 2.45) is 0 Å². The normalized spacial score (nSPS) is 12.7. The van der Waals surface area contributed by atoms with Crippen LogP contribution in [0.2, 0.25) is 0 Å². The Balaban J connectivity index is 1.93. The number of furan rings is 1. The molecule has 1 unspecified atom stereocenters. The molecule has 2 nitrogen and oxygen atoms in total. The number of rotatable bonds is 4. The Kier molecular flexibility index (Phi) is 3.76. The van der Waals surface area contributed by atoms with E-state index in [2.05, 4.69) is 36.5 Å². The van der Waals surface area contributed by atoms with Gasteiger partial charge < -0.3 is 9.73 Å². The third-order valence-corrected chi connectivity index (χ3v) is 3.73. The Morgan fingerprint density at radius 3 is 2.67 bits per heavy atom. The number of hydrogen-bond acceptors (Lipinski definition) is 2. The zero-order chi connectivity index (χ0) is 14.8. The first-order chi connectivity index (χ1) is 10.2. The highest BCUT2D eigenvalue weighted by molar-refractivity contribution is 5.78. The van der Waals surface area contributed by atoms with Crippen LogP contribution in [0.3, 0.4) is 0 Å². The first kappa shape index (κ1) is 13.8. The molecule has 2 aromatic carbocycles. The largest absolute Gasteiger partial charge is 0.456 e. The van der Waals surface area contributed by atoms with Crippen molar-refractivity contribution in [2.45, 2.75) is 19.4 Å². The molecule has 21 heavy (non-hydrogen) atoms. The fourth-order valence-corrected chi connectivity index (χ4v) is 2.64. The second-order valence-electron chi connectivity index (χ2n) is 5.34. The molecule has 3 heteroatoms. The summed E-state index contributed by atoms with van der Waals surface area (Å²) < 4.78 is 19.4. The second-order valence-corrected chi connectivity index (χ2v) is 5.34. The van der Waals surface area contributed by atoms with Crippen molar-refractivity contribution in [3.05, 3.63) is 71.2 Å². The van der Waals surface area contributed by atoms with E-state index in [-0.39, 0.29) is 11.9 Å². The van der Waals surface area contributed by atoms with Crippen LogP contribution in [0, 0.1) is 12.7 Å². The average molecular weight is 283 g/mol. The van der Waals surface area contributed by atoms with E-state index in [1.807, 2.05) is 19.2 Å². The molecule has 1 N–H and O–H groups in total. The predicted octanol–water partition coefficient (Wildman–Crippen LogP) is 4.38. The number of likely N-dealkylation sites (N-methyl/N-ethyl adjacent to an activating group) is 1. The van der Waals surface area contributed by atoms with E-state index >= 15 is 0 Å². The van der Waals surface area contributed by atoms with Gasteiger partial charge in [0.2, 0.25) is 0 Å². The van der Waals surface area contributed by atoms with Gasteiger partial charge in [-0.2, -0.15) is 0 Å². The monoisotopic (exact) mass is 283 g/mol. The Morgan fingerprint density at radius 2 is 1.95 bits per heavy atom. The number of fused-ring (bicyclic) bond motifs is 1. The summed E-state index contributed by atoms with van der Waals surface area (Å²) in [5.74, 6) is 0.447. The number of nitrogens with one attached hydrogen (secondary N) is 1. The maximum absolute atomic E-state index is 13.7. The van der Waals surface area contributed by atoms with Gasteiger partial charge >= 0.3 is 0 Å². The standard InChI is InChI=1S/C18H18FNO/c1-12-5-3-6-13(9-12)10-16(20-2)17-11-14-7-4-8-15(19)18(14)21-17/h3-9,11,16,20H,10H2,1-2H3. The summed E-state index contributed by atoms with van der Waals surface area (Å²) in [5.41, 5.74) is 2.80. The third kappa shape index (κ3) is 2.83. The Bertz CT molecular complexity index is 763. The molecule has 1 aromatic heterocycles. The summed E-state index contributed by atoms with van der Waals surface area (Å²) in [4.78, 5) is 0. The highest BCUT2D eigenvalue weighted by Crippen LogP contribution is 2.27. The Hall–Kier alpha value is -2.13. The molecule has 108 valence electrons. The Morgan fingerprint density at radius 1 is 1.14 bits per heavy atom. The lowest BCUT2D eigenvalue weighted by Gasteiger charge is -2.13. The third-order valence-electron chi connectivity index (χ3n) is 3.73. The molecule has 3 rings (SSSR count). The summed E-state index contributed by atoms with van der Waals surface area (Å²) in [5, 5.41) is 4.05. The van der Waals surface area contributed by atoms with Gasteiger partial charge in [-0.15, -0.1) is 0 Å². The van der Waals surface area contributed by atoms with Gasteiger partial charge in [-0.25, -0.2) is 4.39 Å². The quantitative estimate of drug-likeness (QED) is 0.768. The molecular weight excluding hydrogens is 265 g/mol. The number of halogens is 1. The molecular formula is C18H18FNO. The molecule has 3 aromatic rings. The van der Waals surface area contributed by atoms with Gasteiger partial charge in [0.25, 0.3) is 0 Å². The summed E-state index contributed by atoms with van der Waals surface area (Å²) in [7, 11) is 1.89. The number of aryl methyl sites for hydroxylation is 1. The van der Waals surface area contributed by atoms with Crippen LogP contribution in [0.25, 0.3) is 11.0 Å². The van der Waals surface area contributed by atoms with Gasteiger partial charge in [0, 0.05) is 5.39 Å². The van der Waals surface area contributed by atoms with Crippen molar-refractivity contribution in [1.82, 2.24) is 5.32 Å². The maximum Gasteiger partial charge on any atom is 0.169 e. The van der Waals surface area contributed by atoms with E-state index in [9.17, 15) is 4.39 Å². The topological polar surface area (TPSA) is 25.2 Å². The van der Waals surface area contributed by atoms with Crippen molar-refractivity contribution >= 4 is 11.0 Å². The molecule has 0 aliphatic carbocycles. The molecule has 0 amide bonds. The second kappa shape index (κ2) is 5.70. The predicted molar refractivity (Wildman–Crippen MR) is 82.9 cm³/mol. The van der Waals surface area contributed by atoms with E-state index in [1.165, 1.54) is 17.2 Å².